The fraction of sp³-hybridized carbons (Fsp3) is 0.316. The first-order valence-corrected chi connectivity index (χ1v) is 18.2. The highest BCUT2D eigenvalue weighted by atomic mass is 35.5. The predicted octanol–water partition coefficient (Wildman–Crippen LogP) is 5.58. The number of carbonyl (C=O) groups is 3. The third kappa shape index (κ3) is 7.77. The van der Waals surface area contributed by atoms with Gasteiger partial charge in [-0.1, -0.05) is 41.4 Å². The normalized spacial score (nSPS) is 16.7. The fourth-order valence-electron chi connectivity index (χ4n) is 6.89. The zero-order valence-electron chi connectivity index (χ0n) is 29.6. The second-order valence-electron chi connectivity index (χ2n) is 13.2. The molecule has 1 aromatic carbocycles. The Kier molecular flexibility index (Phi) is 10.9. The summed E-state index contributed by atoms with van der Waals surface area (Å²) in [5.74, 6) is 0.801. The largest absolute Gasteiger partial charge is 0.493 e. The quantitative estimate of drug-likeness (QED) is 0.119. The summed E-state index contributed by atoms with van der Waals surface area (Å²) in [5, 5.41) is 19.8. The highest BCUT2D eigenvalue weighted by Crippen LogP contribution is 2.42. The maximum atomic E-state index is 12.1. The number of ether oxygens (including phenoxy) is 2. The van der Waals surface area contributed by atoms with Crippen LogP contribution in [-0.4, -0.2) is 86.7 Å². The van der Waals surface area contributed by atoms with Crippen LogP contribution in [0.4, 0.5) is 4.79 Å². The topological polar surface area (TPSA) is 172 Å². The number of hydrogen-bond acceptors (Lipinski definition) is 9. The van der Waals surface area contributed by atoms with Crippen molar-refractivity contribution in [3.8, 4) is 45.3 Å². The zero-order chi connectivity index (χ0) is 37.9. The smallest absolute Gasteiger partial charge is 0.407 e. The van der Waals surface area contributed by atoms with Gasteiger partial charge in [0.2, 0.25) is 17.7 Å². The van der Waals surface area contributed by atoms with Crippen LogP contribution >= 0.6 is 23.2 Å². The van der Waals surface area contributed by atoms with E-state index in [4.69, 9.17) is 42.6 Å². The number of hydrogen-bond donors (Lipinski definition) is 4. The van der Waals surface area contributed by atoms with Crippen LogP contribution < -0.4 is 25.4 Å². The van der Waals surface area contributed by atoms with Crippen molar-refractivity contribution in [2.45, 2.75) is 50.9 Å². The molecule has 2 unspecified atom stereocenters. The summed E-state index contributed by atoms with van der Waals surface area (Å²) < 4.78 is 13.2. The number of methoxy groups -OCH3 is 2. The first-order valence-electron chi connectivity index (χ1n) is 17.4. The Bertz CT molecular complexity index is 2250. The van der Waals surface area contributed by atoms with E-state index in [2.05, 4.69) is 20.9 Å². The summed E-state index contributed by atoms with van der Waals surface area (Å²) in [4.78, 5) is 50.6. The average molecular weight is 774 g/mol. The van der Waals surface area contributed by atoms with Crippen molar-refractivity contribution in [2.75, 3.05) is 27.3 Å². The summed E-state index contributed by atoms with van der Waals surface area (Å²) in [6, 6.07) is 12.6. The maximum absolute atomic E-state index is 12.1. The Labute approximate surface area is 320 Å². The number of aromatic nitrogens is 4. The molecule has 3 amide bonds. The molecule has 2 fully saturated rings. The summed E-state index contributed by atoms with van der Waals surface area (Å²) in [7, 11) is 3.06. The SMILES string of the molecule is COc1nc(-c2cccc(-c3ccnc(-c4cc(OC)c5nc(CNCC6CCC(=O)N6)cn5c4)c3Cl)c2Cl)ccc1CN(CC1CCC(=O)N1)C(=O)O. The van der Waals surface area contributed by atoms with E-state index < -0.39 is 6.09 Å². The van der Waals surface area contributed by atoms with Crippen molar-refractivity contribution >= 4 is 46.8 Å². The molecule has 280 valence electrons. The number of nitrogens with zero attached hydrogens (tertiary/aromatic N) is 5. The Hall–Kier alpha value is -5.44. The standard InChI is InChI=1S/C38H38Cl2N8O6/c1-53-30-14-22(18-47-20-25(45-36(30)47)16-41-15-23-7-10-31(49)43-23)35-34(40)27(12-13-42-35)26-4-3-5-28(33(26)39)29-9-6-21(37(46-29)54-2)17-48(38(51)52)19-24-8-11-32(50)44-24/h3-6,9,12-14,18,20,23-24,41H,7-8,10-11,15-17,19H2,1-2H3,(H,43,49)(H,44,50)(H,51,52). The van der Waals surface area contributed by atoms with Crippen molar-refractivity contribution in [2.24, 2.45) is 0 Å². The van der Waals surface area contributed by atoms with E-state index in [1.165, 1.54) is 12.0 Å². The Morgan fingerprint density at radius 2 is 1.70 bits per heavy atom. The van der Waals surface area contributed by atoms with Gasteiger partial charge in [-0.25, -0.2) is 14.8 Å². The van der Waals surface area contributed by atoms with Gasteiger partial charge >= 0.3 is 6.09 Å². The lowest BCUT2D eigenvalue weighted by Gasteiger charge is -2.23. The predicted molar refractivity (Wildman–Crippen MR) is 203 cm³/mol. The van der Waals surface area contributed by atoms with Crippen LogP contribution in [0.5, 0.6) is 11.6 Å². The van der Waals surface area contributed by atoms with Crippen molar-refractivity contribution < 1.29 is 29.0 Å². The van der Waals surface area contributed by atoms with Crippen LogP contribution in [0.25, 0.3) is 39.3 Å². The molecular weight excluding hydrogens is 735 g/mol. The molecule has 7 rings (SSSR count). The molecule has 5 aromatic rings. The molecule has 2 saturated heterocycles. The number of halogens is 2. The molecule has 0 saturated carbocycles. The van der Waals surface area contributed by atoms with Crippen molar-refractivity contribution in [1.82, 2.24) is 40.2 Å². The molecule has 2 aliphatic heterocycles. The molecule has 0 bridgehead atoms. The number of amides is 3. The number of imidazole rings is 1. The Balaban J connectivity index is 1.14. The summed E-state index contributed by atoms with van der Waals surface area (Å²) in [6.07, 6.45) is 6.70. The number of carboxylic acid groups (broad SMARTS) is 1. The number of fused-ring (bicyclic) bond motifs is 1. The van der Waals surface area contributed by atoms with E-state index in [1.807, 2.05) is 41.1 Å². The molecule has 0 spiro atoms. The molecule has 4 N–H and O–H groups in total. The minimum absolute atomic E-state index is 0.0243. The summed E-state index contributed by atoms with van der Waals surface area (Å²) in [6.45, 7) is 1.35. The van der Waals surface area contributed by atoms with E-state index >= 15 is 0 Å². The number of carbonyl (C=O) groups excluding carboxylic acids is 2. The molecule has 54 heavy (non-hydrogen) atoms. The van der Waals surface area contributed by atoms with Gasteiger partial charge in [0.25, 0.3) is 0 Å². The van der Waals surface area contributed by atoms with E-state index in [9.17, 15) is 19.5 Å². The lowest BCUT2D eigenvalue weighted by atomic mass is 10.00. The van der Waals surface area contributed by atoms with Gasteiger partial charge in [0.15, 0.2) is 11.4 Å². The van der Waals surface area contributed by atoms with E-state index in [0.717, 1.165) is 12.1 Å². The highest BCUT2D eigenvalue weighted by molar-refractivity contribution is 6.39. The van der Waals surface area contributed by atoms with Gasteiger partial charge in [-0.2, -0.15) is 0 Å². The summed E-state index contributed by atoms with van der Waals surface area (Å²) >= 11 is 14.2. The van der Waals surface area contributed by atoms with E-state index in [-0.39, 0.29) is 42.9 Å². The van der Waals surface area contributed by atoms with Gasteiger partial charge in [0.1, 0.15) is 0 Å². The molecule has 2 aliphatic rings. The average Bonchev–Trinajstić information content (AvgIpc) is 3.90. The Morgan fingerprint density at radius 3 is 2.41 bits per heavy atom. The van der Waals surface area contributed by atoms with Crippen LogP contribution in [0.2, 0.25) is 10.0 Å². The second kappa shape index (κ2) is 15.9. The van der Waals surface area contributed by atoms with Crippen LogP contribution in [0.15, 0.2) is 61.1 Å². The van der Waals surface area contributed by atoms with Crippen LogP contribution in [0.3, 0.4) is 0 Å². The van der Waals surface area contributed by atoms with E-state index in [1.54, 1.807) is 31.5 Å². The maximum Gasteiger partial charge on any atom is 0.407 e. The van der Waals surface area contributed by atoms with E-state index in [0.29, 0.717) is 93.0 Å². The van der Waals surface area contributed by atoms with Gasteiger partial charge in [-0.05, 0) is 37.1 Å². The molecule has 14 nitrogen and oxygen atoms in total. The number of nitrogens with one attached hydrogen (secondary N) is 3. The lowest BCUT2D eigenvalue weighted by molar-refractivity contribution is -0.120. The van der Waals surface area contributed by atoms with Gasteiger partial charge in [0, 0.05) is 91.0 Å². The van der Waals surface area contributed by atoms with Crippen LogP contribution in [-0.2, 0) is 22.7 Å². The Morgan fingerprint density at radius 1 is 0.963 bits per heavy atom. The number of rotatable bonds is 13. The third-order valence-corrected chi connectivity index (χ3v) is 10.4. The van der Waals surface area contributed by atoms with Crippen molar-refractivity contribution in [1.29, 1.82) is 0 Å². The minimum atomic E-state index is -1.11. The molecule has 6 heterocycles. The number of pyridine rings is 3. The van der Waals surface area contributed by atoms with Gasteiger partial charge < -0.3 is 39.8 Å². The third-order valence-electron chi connectivity index (χ3n) is 9.59. The number of benzene rings is 1. The molecule has 4 aromatic heterocycles. The molecule has 2 atom stereocenters. The van der Waals surface area contributed by atoms with Crippen molar-refractivity contribution in [3.05, 3.63) is 82.4 Å². The van der Waals surface area contributed by atoms with Gasteiger partial charge in [-0.15, -0.1) is 0 Å². The molecule has 16 heteroatoms. The minimum Gasteiger partial charge on any atom is -0.493 e. The first kappa shape index (κ1) is 36.9. The molecule has 0 radical (unpaired) electrons. The molecular formula is C38H38Cl2N8O6. The fourth-order valence-corrected chi connectivity index (χ4v) is 7.54. The second-order valence-corrected chi connectivity index (χ2v) is 14.0. The lowest BCUT2D eigenvalue weighted by Crippen LogP contribution is -2.41. The molecule has 0 aliphatic carbocycles. The van der Waals surface area contributed by atoms with Gasteiger partial charge in [-0.3, -0.25) is 14.6 Å². The highest BCUT2D eigenvalue weighted by Gasteiger charge is 2.27. The zero-order valence-corrected chi connectivity index (χ0v) is 31.1. The summed E-state index contributed by atoms with van der Waals surface area (Å²) in [5.41, 5.74) is 5.69. The van der Waals surface area contributed by atoms with Crippen LogP contribution in [0, 0.1) is 0 Å². The van der Waals surface area contributed by atoms with Gasteiger partial charge in [0.05, 0.1) is 47.9 Å². The first-order chi connectivity index (χ1) is 26.1. The monoisotopic (exact) mass is 772 g/mol. The van der Waals surface area contributed by atoms with Crippen molar-refractivity contribution in [3.63, 3.8) is 0 Å². The van der Waals surface area contributed by atoms with Crippen LogP contribution in [0.1, 0.15) is 36.9 Å².